The lowest BCUT2D eigenvalue weighted by molar-refractivity contribution is 0.531. The van der Waals surface area contributed by atoms with E-state index < -0.39 is 6.04 Å². The number of hydrogen-bond acceptors (Lipinski definition) is 4. The highest BCUT2D eigenvalue weighted by atomic mass is 19.1. The lowest BCUT2D eigenvalue weighted by Crippen LogP contribution is -2.18. The van der Waals surface area contributed by atoms with Gasteiger partial charge in [-0.15, -0.1) is 0 Å². The molecule has 96 valence electrons. The van der Waals surface area contributed by atoms with Gasteiger partial charge in [0, 0.05) is 30.8 Å². The molecular formula is C12H16FN5. The van der Waals surface area contributed by atoms with Gasteiger partial charge in [-0.1, -0.05) is 6.92 Å². The molecule has 0 aliphatic rings. The van der Waals surface area contributed by atoms with Crippen molar-refractivity contribution in [2.45, 2.75) is 32.4 Å². The third kappa shape index (κ3) is 2.70. The first kappa shape index (κ1) is 12.6. The zero-order valence-corrected chi connectivity index (χ0v) is 10.3. The first-order valence-corrected chi connectivity index (χ1v) is 5.94. The molecule has 2 heterocycles. The molecular weight excluding hydrogens is 233 g/mol. The molecule has 2 rings (SSSR count). The Bertz CT molecular complexity index is 511. The van der Waals surface area contributed by atoms with Crippen molar-refractivity contribution < 1.29 is 4.39 Å². The van der Waals surface area contributed by atoms with Crippen LogP contribution in [0.2, 0.25) is 0 Å². The number of hydrogen-bond donors (Lipinski definition) is 1. The molecule has 0 bridgehead atoms. The van der Waals surface area contributed by atoms with Crippen molar-refractivity contribution in [3.05, 3.63) is 42.0 Å². The molecule has 2 aromatic heterocycles. The molecule has 0 aliphatic heterocycles. The predicted molar refractivity (Wildman–Crippen MR) is 65.1 cm³/mol. The summed E-state index contributed by atoms with van der Waals surface area (Å²) in [6, 6.07) is 1.16. The maximum atomic E-state index is 13.5. The Morgan fingerprint density at radius 3 is 3.06 bits per heavy atom. The molecule has 0 saturated heterocycles. The van der Waals surface area contributed by atoms with Crippen LogP contribution < -0.4 is 5.73 Å². The summed E-state index contributed by atoms with van der Waals surface area (Å²) in [5.41, 5.74) is 6.46. The molecule has 0 aromatic carbocycles. The minimum Gasteiger partial charge on any atom is -0.323 e. The van der Waals surface area contributed by atoms with Gasteiger partial charge in [-0.25, -0.2) is 9.37 Å². The highest BCUT2D eigenvalue weighted by Crippen LogP contribution is 2.17. The van der Waals surface area contributed by atoms with Crippen LogP contribution in [0.15, 0.2) is 24.8 Å². The molecule has 0 radical (unpaired) electrons. The van der Waals surface area contributed by atoms with Crippen molar-refractivity contribution in [3.63, 3.8) is 0 Å². The quantitative estimate of drug-likeness (QED) is 0.871. The van der Waals surface area contributed by atoms with Gasteiger partial charge in [0.2, 0.25) is 0 Å². The van der Waals surface area contributed by atoms with Gasteiger partial charge in [0.1, 0.15) is 18.0 Å². The number of halogens is 1. The normalized spacial score (nSPS) is 12.6. The molecule has 0 amide bonds. The molecule has 0 aliphatic carbocycles. The molecule has 2 aromatic rings. The van der Waals surface area contributed by atoms with Gasteiger partial charge in [0.05, 0.1) is 6.20 Å². The minimum absolute atomic E-state index is 0.383. The molecule has 5 nitrogen and oxygen atoms in total. The summed E-state index contributed by atoms with van der Waals surface area (Å²) in [6.45, 7) is 2.86. The number of rotatable bonds is 5. The lowest BCUT2D eigenvalue weighted by atomic mass is 10.1. The van der Waals surface area contributed by atoms with Crippen molar-refractivity contribution in [2.75, 3.05) is 0 Å². The van der Waals surface area contributed by atoms with E-state index in [1.807, 2.05) is 0 Å². The molecule has 6 heteroatoms. The van der Waals surface area contributed by atoms with Crippen LogP contribution in [0.25, 0.3) is 0 Å². The van der Waals surface area contributed by atoms with Crippen molar-refractivity contribution >= 4 is 0 Å². The summed E-state index contributed by atoms with van der Waals surface area (Å²) < 4.78 is 15.3. The van der Waals surface area contributed by atoms with E-state index in [0.29, 0.717) is 12.0 Å². The van der Waals surface area contributed by atoms with E-state index >= 15 is 0 Å². The second kappa shape index (κ2) is 5.68. The smallest absolute Gasteiger partial charge is 0.146 e. The summed E-state index contributed by atoms with van der Waals surface area (Å²) >= 11 is 0. The van der Waals surface area contributed by atoms with E-state index in [1.54, 1.807) is 10.7 Å². The first-order chi connectivity index (χ1) is 8.72. The van der Waals surface area contributed by atoms with E-state index in [0.717, 1.165) is 18.8 Å². The van der Waals surface area contributed by atoms with E-state index in [-0.39, 0.29) is 5.82 Å². The Kier molecular flexibility index (Phi) is 3.99. The van der Waals surface area contributed by atoms with E-state index in [4.69, 9.17) is 5.73 Å². The first-order valence-electron chi connectivity index (χ1n) is 5.94. The number of aromatic nitrogens is 4. The van der Waals surface area contributed by atoms with Gasteiger partial charge in [0.15, 0.2) is 0 Å². The van der Waals surface area contributed by atoms with Crippen molar-refractivity contribution in [2.24, 2.45) is 5.73 Å². The van der Waals surface area contributed by atoms with Gasteiger partial charge in [0.25, 0.3) is 0 Å². The van der Waals surface area contributed by atoms with Crippen LogP contribution in [0.3, 0.4) is 0 Å². The van der Waals surface area contributed by atoms with Crippen LogP contribution >= 0.6 is 0 Å². The third-order valence-corrected chi connectivity index (χ3v) is 2.74. The van der Waals surface area contributed by atoms with Crippen LogP contribution in [0.5, 0.6) is 0 Å². The summed E-state index contributed by atoms with van der Waals surface area (Å²) in [6.07, 6.45) is 5.64. The van der Waals surface area contributed by atoms with Gasteiger partial charge >= 0.3 is 0 Å². The Balaban J connectivity index is 2.14. The maximum absolute atomic E-state index is 13.5. The number of nitrogens with two attached hydrogens (primary N) is 1. The molecule has 1 unspecified atom stereocenters. The largest absolute Gasteiger partial charge is 0.323 e. The second-order valence-corrected chi connectivity index (χ2v) is 4.11. The summed E-state index contributed by atoms with van der Waals surface area (Å²) in [7, 11) is 0. The fourth-order valence-electron chi connectivity index (χ4n) is 1.84. The third-order valence-electron chi connectivity index (χ3n) is 2.74. The predicted octanol–water partition coefficient (Wildman–Crippen LogP) is 1.46. The molecule has 2 N–H and O–H groups in total. The number of nitrogens with zero attached hydrogens (tertiary/aromatic N) is 4. The van der Waals surface area contributed by atoms with Crippen LogP contribution in [0.4, 0.5) is 4.39 Å². The summed E-state index contributed by atoms with van der Waals surface area (Å²) in [4.78, 5) is 7.87. The highest BCUT2D eigenvalue weighted by molar-refractivity contribution is 5.18. The van der Waals surface area contributed by atoms with Crippen LogP contribution in [-0.2, 0) is 13.0 Å². The van der Waals surface area contributed by atoms with Crippen LogP contribution in [-0.4, -0.2) is 19.7 Å². The van der Waals surface area contributed by atoms with Gasteiger partial charge in [-0.05, 0) is 12.5 Å². The van der Waals surface area contributed by atoms with E-state index in [2.05, 4.69) is 22.0 Å². The topological polar surface area (TPSA) is 69.6 Å². The Morgan fingerprint density at radius 1 is 1.50 bits per heavy atom. The van der Waals surface area contributed by atoms with Gasteiger partial charge in [-0.3, -0.25) is 9.67 Å². The maximum Gasteiger partial charge on any atom is 0.146 e. The van der Waals surface area contributed by atoms with E-state index in [9.17, 15) is 4.39 Å². The monoisotopic (exact) mass is 249 g/mol. The number of aryl methyl sites for hydroxylation is 1. The molecule has 0 saturated carbocycles. The summed E-state index contributed by atoms with van der Waals surface area (Å²) in [5, 5.41) is 4.12. The number of pyridine rings is 1. The fraction of sp³-hybridized carbons (Fsp3) is 0.417. The van der Waals surface area contributed by atoms with Gasteiger partial charge < -0.3 is 5.73 Å². The Labute approximate surface area is 105 Å². The van der Waals surface area contributed by atoms with Crippen molar-refractivity contribution in [3.8, 4) is 0 Å². The van der Waals surface area contributed by atoms with Crippen molar-refractivity contribution in [1.82, 2.24) is 19.7 Å². The average Bonchev–Trinajstić information content (AvgIpc) is 2.78. The van der Waals surface area contributed by atoms with Crippen molar-refractivity contribution in [1.29, 1.82) is 0 Å². The average molecular weight is 249 g/mol. The standard InChI is InChI=1S/C12H16FN5/c1-2-5-18-12(16-8-17-18)6-11(14)9-3-4-15-7-10(9)13/h3-4,7-8,11H,2,5-6,14H2,1H3. The van der Waals surface area contributed by atoms with Crippen LogP contribution in [0.1, 0.15) is 30.8 Å². The fourth-order valence-corrected chi connectivity index (χ4v) is 1.84. The molecule has 0 spiro atoms. The Hall–Kier alpha value is -1.82. The Morgan fingerprint density at radius 2 is 2.33 bits per heavy atom. The highest BCUT2D eigenvalue weighted by Gasteiger charge is 2.15. The van der Waals surface area contributed by atoms with Crippen LogP contribution in [0, 0.1) is 5.82 Å². The van der Waals surface area contributed by atoms with E-state index in [1.165, 1.54) is 18.7 Å². The minimum atomic E-state index is -0.437. The zero-order chi connectivity index (χ0) is 13.0. The zero-order valence-electron chi connectivity index (χ0n) is 10.3. The summed E-state index contributed by atoms with van der Waals surface area (Å²) in [5.74, 6) is 0.395. The van der Waals surface area contributed by atoms with Gasteiger partial charge in [-0.2, -0.15) is 5.10 Å². The lowest BCUT2D eigenvalue weighted by Gasteiger charge is -2.12. The molecule has 0 fully saturated rings. The molecule has 18 heavy (non-hydrogen) atoms. The SMILES string of the molecule is CCCn1ncnc1CC(N)c1ccncc1F. The molecule has 1 atom stereocenters. The second-order valence-electron chi connectivity index (χ2n) is 4.11.